The summed E-state index contributed by atoms with van der Waals surface area (Å²) in [7, 11) is 0. The number of H-pyrrole nitrogens is 1. The Labute approximate surface area is 88.7 Å². The first-order valence-electron chi connectivity index (χ1n) is 5.51. The first-order valence-corrected chi connectivity index (χ1v) is 5.51. The van der Waals surface area contributed by atoms with Gasteiger partial charge in [-0.15, -0.1) is 5.10 Å². The molecule has 5 heteroatoms. The molecule has 0 aromatic carbocycles. The molecule has 1 saturated carbocycles. The van der Waals surface area contributed by atoms with Crippen molar-refractivity contribution in [2.24, 2.45) is 0 Å². The van der Waals surface area contributed by atoms with Gasteiger partial charge in [-0.1, -0.05) is 6.92 Å². The van der Waals surface area contributed by atoms with Gasteiger partial charge in [0.05, 0.1) is 0 Å². The summed E-state index contributed by atoms with van der Waals surface area (Å²) in [5.41, 5.74) is 0. The molecule has 15 heavy (non-hydrogen) atoms. The zero-order valence-corrected chi connectivity index (χ0v) is 8.92. The Morgan fingerprint density at radius 2 is 2.40 bits per heavy atom. The third kappa shape index (κ3) is 2.34. The summed E-state index contributed by atoms with van der Waals surface area (Å²) in [6, 6.07) is 0.339. The zero-order chi connectivity index (χ0) is 10.7. The van der Waals surface area contributed by atoms with E-state index in [1.807, 2.05) is 0 Å². The van der Waals surface area contributed by atoms with Crippen molar-refractivity contribution in [1.82, 2.24) is 20.5 Å². The second kappa shape index (κ2) is 4.42. The van der Waals surface area contributed by atoms with E-state index in [1.165, 1.54) is 6.42 Å². The summed E-state index contributed by atoms with van der Waals surface area (Å²) < 4.78 is 0. The highest BCUT2D eigenvalue weighted by Gasteiger charge is 2.21. The lowest BCUT2D eigenvalue weighted by atomic mass is 9.93. The molecule has 0 saturated heterocycles. The normalized spacial score (nSPS) is 16.1. The van der Waals surface area contributed by atoms with Crippen molar-refractivity contribution in [1.29, 1.82) is 0 Å². The number of nitrogens with zero attached hydrogens (tertiary/aromatic N) is 2. The van der Waals surface area contributed by atoms with Crippen LogP contribution in [0.3, 0.4) is 0 Å². The summed E-state index contributed by atoms with van der Waals surface area (Å²) in [5.74, 6) is 0.903. The fourth-order valence-electron chi connectivity index (χ4n) is 1.55. The maximum absolute atomic E-state index is 11.6. The molecule has 1 fully saturated rings. The fourth-order valence-corrected chi connectivity index (χ4v) is 1.55. The maximum Gasteiger partial charge on any atom is 0.291 e. The molecule has 1 aliphatic rings. The molecule has 0 radical (unpaired) electrons. The van der Waals surface area contributed by atoms with E-state index in [4.69, 9.17) is 0 Å². The molecule has 0 atom stereocenters. The van der Waals surface area contributed by atoms with Crippen LogP contribution < -0.4 is 5.32 Å². The highest BCUT2D eigenvalue weighted by atomic mass is 16.2. The molecule has 1 aromatic rings. The molecule has 2 N–H and O–H groups in total. The van der Waals surface area contributed by atoms with Gasteiger partial charge >= 0.3 is 0 Å². The molecule has 0 unspecified atom stereocenters. The minimum Gasteiger partial charge on any atom is -0.347 e. The summed E-state index contributed by atoms with van der Waals surface area (Å²) in [6.07, 6.45) is 5.21. The molecule has 1 aromatic heterocycles. The van der Waals surface area contributed by atoms with Crippen molar-refractivity contribution < 1.29 is 4.79 Å². The molecular formula is C10H16N4O. The van der Waals surface area contributed by atoms with Gasteiger partial charge in [-0.05, 0) is 25.7 Å². The van der Waals surface area contributed by atoms with E-state index < -0.39 is 0 Å². The first-order chi connectivity index (χ1) is 7.29. The van der Waals surface area contributed by atoms with Crippen LogP contribution in [0.1, 0.15) is 49.1 Å². The summed E-state index contributed by atoms with van der Waals surface area (Å²) >= 11 is 0. The summed E-state index contributed by atoms with van der Waals surface area (Å²) in [4.78, 5) is 15.7. The SMILES string of the molecule is CCCc1nc(C(=O)NC2CCC2)n[nH]1. The standard InChI is InChI=1S/C10H16N4O/c1-2-4-8-12-9(14-13-8)10(15)11-7-5-3-6-7/h7H,2-6H2,1H3,(H,11,15)(H,12,13,14). The van der Waals surface area contributed by atoms with Crippen molar-refractivity contribution in [3.05, 3.63) is 11.6 Å². The van der Waals surface area contributed by atoms with Gasteiger partial charge in [0, 0.05) is 12.5 Å². The Bertz CT molecular complexity index is 343. The van der Waals surface area contributed by atoms with E-state index in [1.54, 1.807) is 0 Å². The lowest BCUT2D eigenvalue weighted by molar-refractivity contribution is 0.0906. The van der Waals surface area contributed by atoms with Gasteiger partial charge in [-0.2, -0.15) is 0 Å². The van der Waals surface area contributed by atoms with E-state index in [2.05, 4.69) is 27.4 Å². The molecule has 0 bridgehead atoms. The fraction of sp³-hybridized carbons (Fsp3) is 0.700. The molecule has 1 aliphatic carbocycles. The van der Waals surface area contributed by atoms with Crippen LogP contribution in [0.5, 0.6) is 0 Å². The molecule has 1 heterocycles. The third-order valence-electron chi connectivity index (χ3n) is 2.66. The number of amides is 1. The van der Waals surface area contributed by atoms with Crippen molar-refractivity contribution >= 4 is 5.91 Å². The number of aromatic amines is 1. The molecule has 0 aliphatic heterocycles. The average Bonchev–Trinajstić information content (AvgIpc) is 2.60. The number of rotatable bonds is 4. The van der Waals surface area contributed by atoms with Gasteiger partial charge in [-0.25, -0.2) is 4.98 Å². The van der Waals surface area contributed by atoms with E-state index in [9.17, 15) is 4.79 Å². The van der Waals surface area contributed by atoms with E-state index in [-0.39, 0.29) is 11.7 Å². The Hall–Kier alpha value is -1.39. The molecular weight excluding hydrogens is 192 g/mol. The number of hydrogen-bond donors (Lipinski definition) is 2. The highest BCUT2D eigenvalue weighted by Crippen LogP contribution is 2.18. The Kier molecular flexibility index (Phi) is 2.99. The number of nitrogens with one attached hydrogen (secondary N) is 2. The number of aryl methyl sites for hydroxylation is 1. The Balaban J connectivity index is 1.92. The Morgan fingerprint density at radius 1 is 1.60 bits per heavy atom. The topological polar surface area (TPSA) is 70.7 Å². The van der Waals surface area contributed by atoms with Gasteiger partial charge in [0.15, 0.2) is 0 Å². The highest BCUT2D eigenvalue weighted by molar-refractivity contribution is 5.90. The van der Waals surface area contributed by atoms with Crippen molar-refractivity contribution in [2.45, 2.75) is 45.1 Å². The van der Waals surface area contributed by atoms with Gasteiger partial charge in [0.2, 0.25) is 5.82 Å². The second-order valence-electron chi connectivity index (χ2n) is 3.96. The lowest BCUT2D eigenvalue weighted by Crippen LogP contribution is -2.39. The van der Waals surface area contributed by atoms with Gasteiger partial charge < -0.3 is 5.32 Å². The Morgan fingerprint density at radius 3 is 3.00 bits per heavy atom. The predicted molar refractivity (Wildman–Crippen MR) is 55.5 cm³/mol. The third-order valence-corrected chi connectivity index (χ3v) is 2.66. The second-order valence-corrected chi connectivity index (χ2v) is 3.96. The van der Waals surface area contributed by atoms with E-state index >= 15 is 0 Å². The molecule has 0 spiro atoms. The first kappa shape index (κ1) is 10.1. The molecule has 2 rings (SSSR count). The van der Waals surface area contributed by atoms with Crippen LogP contribution in [0.25, 0.3) is 0 Å². The van der Waals surface area contributed by atoms with Crippen LogP contribution in [0.15, 0.2) is 0 Å². The monoisotopic (exact) mass is 208 g/mol. The summed E-state index contributed by atoms with van der Waals surface area (Å²) in [5, 5.41) is 9.58. The quantitative estimate of drug-likeness (QED) is 0.776. The van der Waals surface area contributed by atoms with Crippen LogP contribution in [-0.4, -0.2) is 27.1 Å². The maximum atomic E-state index is 11.6. The smallest absolute Gasteiger partial charge is 0.291 e. The van der Waals surface area contributed by atoms with Crippen molar-refractivity contribution in [3.8, 4) is 0 Å². The molecule has 82 valence electrons. The van der Waals surface area contributed by atoms with Crippen LogP contribution >= 0.6 is 0 Å². The van der Waals surface area contributed by atoms with Crippen LogP contribution in [0.2, 0.25) is 0 Å². The average molecular weight is 208 g/mol. The number of aromatic nitrogens is 3. The van der Waals surface area contributed by atoms with E-state index in [0.29, 0.717) is 6.04 Å². The van der Waals surface area contributed by atoms with E-state index in [0.717, 1.165) is 31.5 Å². The summed E-state index contributed by atoms with van der Waals surface area (Å²) in [6.45, 7) is 2.07. The van der Waals surface area contributed by atoms with Crippen LogP contribution in [-0.2, 0) is 6.42 Å². The molecule has 5 nitrogen and oxygen atoms in total. The predicted octanol–water partition coefficient (Wildman–Crippen LogP) is 1.04. The minimum atomic E-state index is -0.154. The largest absolute Gasteiger partial charge is 0.347 e. The zero-order valence-electron chi connectivity index (χ0n) is 8.92. The number of carbonyl (C=O) groups is 1. The van der Waals surface area contributed by atoms with Crippen LogP contribution in [0.4, 0.5) is 0 Å². The number of hydrogen-bond acceptors (Lipinski definition) is 3. The van der Waals surface area contributed by atoms with Gasteiger partial charge in [0.1, 0.15) is 5.82 Å². The van der Waals surface area contributed by atoms with Gasteiger partial charge in [-0.3, -0.25) is 9.89 Å². The molecule has 1 amide bonds. The number of carbonyl (C=O) groups excluding carboxylic acids is 1. The minimum absolute atomic E-state index is 0.154. The van der Waals surface area contributed by atoms with Crippen molar-refractivity contribution in [3.63, 3.8) is 0 Å². The van der Waals surface area contributed by atoms with Crippen LogP contribution in [0, 0.1) is 0 Å². The lowest BCUT2D eigenvalue weighted by Gasteiger charge is -2.25. The van der Waals surface area contributed by atoms with Gasteiger partial charge in [0.25, 0.3) is 5.91 Å². The van der Waals surface area contributed by atoms with Crippen molar-refractivity contribution in [2.75, 3.05) is 0 Å².